The first-order valence-corrected chi connectivity index (χ1v) is 6.95. The number of aliphatic imine (C=N–C) groups is 1. The van der Waals surface area contributed by atoms with Gasteiger partial charge in [0.05, 0.1) is 12.7 Å². The Morgan fingerprint density at radius 2 is 2.05 bits per heavy atom. The van der Waals surface area contributed by atoms with E-state index < -0.39 is 0 Å². The van der Waals surface area contributed by atoms with Crippen LogP contribution in [0, 0.1) is 0 Å². The highest BCUT2D eigenvalue weighted by molar-refractivity contribution is 5.77. The van der Waals surface area contributed by atoms with Crippen LogP contribution in [0.3, 0.4) is 0 Å². The number of nitrogens with zero attached hydrogens (tertiary/aromatic N) is 2. The minimum Gasteiger partial charge on any atom is -0.490 e. The molecule has 0 unspecified atom stereocenters. The molecule has 0 radical (unpaired) electrons. The first-order chi connectivity index (χ1) is 10.3. The Hall–Kier alpha value is -2.56. The van der Waals surface area contributed by atoms with Crippen molar-refractivity contribution in [1.29, 1.82) is 0 Å². The van der Waals surface area contributed by atoms with Crippen molar-refractivity contribution in [3.63, 3.8) is 0 Å². The number of hydrogen-bond acceptors (Lipinski definition) is 3. The predicted molar refractivity (Wildman–Crippen MR) is 84.4 cm³/mol. The molecule has 2 aromatic rings. The molecule has 5 heteroatoms. The summed E-state index contributed by atoms with van der Waals surface area (Å²) >= 11 is 0. The van der Waals surface area contributed by atoms with E-state index >= 15 is 0 Å². The zero-order chi connectivity index (χ0) is 14.8. The summed E-state index contributed by atoms with van der Waals surface area (Å²) < 4.78 is 5.49. The Bertz CT molecular complexity index is 543. The SMILES string of the molecule is NC(=NCCc1ccccc1)NCCOc1cccnc1. The monoisotopic (exact) mass is 284 g/mol. The van der Waals surface area contributed by atoms with Gasteiger partial charge in [0.25, 0.3) is 0 Å². The fraction of sp³-hybridized carbons (Fsp3) is 0.250. The first kappa shape index (κ1) is 14.8. The molecule has 1 heterocycles. The van der Waals surface area contributed by atoms with Crippen molar-refractivity contribution in [3.8, 4) is 5.75 Å². The molecule has 0 bridgehead atoms. The lowest BCUT2D eigenvalue weighted by Gasteiger charge is -2.07. The van der Waals surface area contributed by atoms with Gasteiger partial charge in [0.15, 0.2) is 5.96 Å². The Morgan fingerprint density at radius 3 is 2.81 bits per heavy atom. The second-order valence-corrected chi connectivity index (χ2v) is 4.47. The van der Waals surface area contributed by atoms with Crippen LogP contribution in [0.5, 0.6) is 5.75 Å². The molecule has 1 aromatic carbocycles. The van der Waals surface area contributed by atoms with Gasteiger partial charge < -0.3 is 15.8 Å². The summed E-state index contributed by atoms with van der Waals surface area (Å²) in [6.07, 6.45) is 4.27. The molecule has 5 nitrogen and oxygen atoms in total. The quantitative estimate of drug-likeness (QED) is 0.460. The lowest BCUT2D eigenvalue weighted by atomic mass is 10.2. The van der Waals surface area contributed by atoms with Crippen LogP contribution in [-0.2, 0) is 6.42 Å². The Morgan fingerprint density at radius 1 is 1.19 bits per heavy atom. The molecule has 0 saturated carbocycles. The van der Waals surface area contributed by atoms with E-state index in [1.807, 2.05) is 30.3 Å². The van der Waals surface area contributed by atoms with Gasteiger partial charge in [-0.1, -0.05) is 30.3 Å². The minimum absolute atomic E-state index is 0.445. The summed E-state index contributed by atoms with van der Waals surface area (Å²) in [4.78, 5) is 8.25. The number of ether oxygens (including phenoxy) is 1. The molecule has 0 amide bonds. The van der Waals surface area contributed by atoms with Gasteiger partial charge in [-0.25, -0.2) is 0 Å². The van der Waals surface area contributed by atoms with Gasteiger partial charge in [-0.05, 0) is 24.1 Å². The molecule has 21 heavy (non-hydrogen) atoms. The van der Waals surface area contributed by atoms with Crippen molar-refractivity contribution < 1.29 is 4.74 Å². The molecule has 0 spiro atoms. The Kier molecular flexibility index (Phi) is 6.06. The van der Waals surface area contributed by atoms with Gasteiger partial charge in [-0.2, -0.15) is 0 Å². The van der Waals surface area contributed by atoms with Crippen LogP contribution in [0.4, 0.5) is 0 Å². The number of aromatic nitrogens is 1. The highest BCUT2D eigenvalue weighted by Crippen LogP contribution is 2.04. The van der Waals surface area contributed by atoms with E-state index in [0.29, 0.717) is 25.7 Å². The largest absolute Gasteiger partial charge is 0.490 e. The third kappa shape index (κ3) is 5.95. The van der Waals surface area contributed by atoms with Crippen LogP contribution in [0.2, 0.25) is 0 Å². The summed E-state index contributed by atoms with van der Waals surface area (Å²) in [5.74, 6) is 1.19. The fourth-order valence-electron chi connectivity index (χ4n) is 1.79. The zero-order valence-corrected chi connectivity index (χ0v) is 11.9. The maximum atomic E-state index is 5.79. The van der Waals surface area contributed by atoms with Crippen LogP contribution in [0.1, 0.15) is 5.56 Å². The number of hydrogen-bond donors (Lipinski definition) is 2. The second-order valence-electron chi connectivity index (χ2n) is 4.47. The second kappa shape index (κ2) is 8.58. The number of pyridine rings is 1. The van der Waals surface area contributed by atoms with E-state index in [-0.39, 0.29) is 0 Å². The van der Waals surface area contributed by atoms with Crippen LogP contribution in [-0.4, -0.2) is 30.6 Å². The van der Waals surface area contributed by atoms with Gasteiger partial charge in [0.2, 0.25) is 0 Å². The minimum atomic E-state index is 0.445. The van der Waals surface area contributed by atoms with Gasteiger partial charge in [0.1, 0.15) is 12.4 Å². The van der Waals surface area contributed by atoms with Crippen LogP contribution in [0.25, 0.3) is 0 Å². The average Bonchev–Trinajstić information content (AvgIpc) is 2.54. The van der Waals surface area contributed by atoms with Crippen molar-refractivity contribution in [1.82, 2.24) is 10.3 Å². The van der Waals surface area contributed by atoms with Crippen LogP contribution in [0.15, 0.2) is 59.9 Å². The molecular formula is C16H20N4O. The predicted octanol–water partition coefficient (Wildman–Crippen LogP) is 1.61. The van der Waals surface area contributed by atoms with E-state index in [4.69, 9.17) is 10.5 Å². The molecule has 110 valence electrons. The third-order valence-electron chi connectivity index (χ3n) is 2.84. The molecule has 0 saturated heterocycles. The van der Waals surface area contributed by atoms with Gasteiger partial charge in [-0.3, -0.25) is 9.98 Å². The molecule has 0 aliphatic rings. The zero-order valence-electron chi connectivity index (χ0n) is 11.9. The normalized spacial score (nSPS) is 11.1. The maximum absolute atomic E-state index is 5.79. The molecular weight excluding hydrogens is 264 g/mol. The topological polar surface area (TPSA) is 72.5 Å². The summed E-state index contributed by atoms with van der Waals surface area (Å²) in [6, 6.07) is 13.9. The van der Waals surface area contributed by atoms with Crippen molar-refractivity contribution in [2.45, 2.75) is 6.42 Å². The number of nitrogens with one attached hydrogen (secondary N) is 1. The highest BCUT2D eigenvalue weighted by atomic mass is 16.5. The number of guanidine groups is 1. The van der Waals surface area contributed by atoms with Gasteiger partial charge in [-0.15, -0.1) is 0 Å². The lowest BCUT2D eigenvalue weighted by Crippen LogP contribution is -2.35. The molecule has 3 N–H and O–H groups in total. The number of rotatable bonds is 7. The third-order valence-corrected chi connectivity index (χ3v) is 2.84. The summed E-state index contributed by atoms with van der Waals surface area (Å²) in [6.45, 7) is 1.79. The summed E-state index contributed by atoms with van der Waals surface area (Å²) in [5, 5.41) is 3.02. The smallest absolute Gasteiger partial charge is 0.188 e. The molecule has 2 rings (SSSR count). The Balaban J connectivity index is 1.60. The molecule has 0 aliphatic heterocycles. The standard InChI is InChI=1S/C16H20N4O/c17-16(19-10-8-14-5-2-1-3-6-14)20-11-12-21-15-7-4-9-18-13-15/h1-7,9,13H,8,10-12H2,(H3,17,19,20). The van der Waals surface area contributed by atoms with E-state index in [1.54, 1.807) is 12.4 Å². The summed E-state index contributed by atoms with van der Waals surface area (Å²) in [7, 11) is 0. The van der Waals surface area contributed by atoms with Gasteiger partial charge >= 0.3 is 0 Å². The fourth-order valence-corrected chi connectivity index (χ4v) is 1.79. The molecule has 0 fully saturated rings. The van der Waals surface area contributed by atoms with E-state index in [9.17, 15) is 0 Å². The van der Waals surface area contributed by atoms with E-state index in [1.165, 1.54) is 5.56 Å². The summed E-state index contributed by atoms with van der Waals surface area (Å²) in [5.41, 5.74) is 7.05. The van der Waals surface area contributed by atoms with Gasteiger partial charge in [0, 0.05) is 12.7 Å². The van der Waals surface area contributed by atoms with Crippen molar-refractivity contribution >= 4 is 5.96 Å². The van der Waals surface area contributed by atoms with Crippen molar-refractivity contribution in [2.24, 2.45) is 10.7 Å². The van der Waals surface area contributed by atoms with Crippen LogP contribution < -0.4 is 15.8 Å². The maximum Gasteiger partial charge on any atom is 0.188 e. The molecule has 0 atom stereocenters. The van der Waals surface area contributed by atoms with E-state index in [0.717, 1.165) is 12.2 Å². The number of benzene rings is 1. The number of nitrogens with two attached hydrogens (primary N) is 1. The van der Waals surface area contributed by atoms with Crippen molar-refractivity contribution in [2.75, 3.05) is 19.7 Å². The Labute approximate surface area is 124 Å². The molecule has 1 aromatic heterocycles. The highest BCUT2D eigenvalue weighted by Gasteiger charge is 1.95. The lowest BCUT2D eigenvalue weighted by molar-refractivity contribution is 0.321. The van der Waals surface area contributed by atoms with E-state index in [2.05, 4.69) is 27.4 Å². The first-order valence-electron chi connectivity index (χ1n) is 6.95. The molecule has 0 aliphatic carbocycles. The van der Waals surface area contributed by atoms with Crippen molar-refractivity contribution in [3.05, 3.63) is 60.4 Å². The van der Waals surface area contributed by atoms with Crippen LogP contribution >= 0.6 is 0 Å². The average molecular weight is 284 g/mol.